The molecule has 1 saturated heterocycles. The lowest BCUT2D eigenvalue weighted by Gasteiger charge is -2.35. The average molecular weight is 429 g/mol. The maximum absolute atomic E-state index is 13.0. The fourth-order valence-electron chi connectivity index (χ4n) is 3.22. The molecule has 1 aliphatic heterocycles. The molecule has 3 rings (SSSR count). The van der Waals surface area contributed by atoms with Gasteiger partial charge in [0.25, 0.3) is 0 Å². The number of nitrogens with zero attached hydrogens (tertiary/aromatic N) is 2. The van der Waals surface area contributed by atoms with E-state index in [2.05, 4.69) is 0 Å². The van der Waals surface area contributed by atoms with E-state index in [-0.39, 0.29) is 37.0 Å². The number of amides is 2. The quantitative estimate of drug-likeness (QED) is 0.759. The Bertz CT molecular complexity index is 1010. The molecule has 2 aromatic carbocycles. The van der Waals surface area contributed by atoms with E-state index in [1.807, 2.05) is 30.3 Å². The van der Waals surface area contributed by atoms with E-state index in [0.717, 1.165) is 11.1 Å². The number of primary amides is 1. The van der Waals surface area contributed by atoms with Crippen LogP contribution in [-0.2, 0) is 19.6 Å². The van der Waals surface area contributed by atoms with Crippen LogP contribution in [0.25, 0.3) is 11.1 Å². The summed E-state index contributed by atoms with van der Waals surface area (Å²) in [6, 6.07) is 16.5. The Balaban J connectivity index is 1.65. The third-order valence-corrected chi connectivity index (χ3v) is 7.18. The summed E-state index contributed by atoms with van der Waals surface area (Å²) in [5, 5.41) is 0. The second-order valence-electron chi connectivity index (χ2n) is 7.85. The molecule has 159 valence electrons. The van der Waals surface area contributed by atoms with Crippen LogP contribution in [0, 0.1) is 11.8 Å². The largest absolute Gasteiger partial charge is 0.369 e. The molecule has 1 heterocycles. The predicted octanol–water partition coefficient (Wildman–Crippen LogP) is 1.90. The van der Waals surface area contributed by atoms with Crippen molar-refractivity contribution in [1.82, 2.24) is 9.21 Å². The lowest BCUT2D eigenvalue weighted by Crippen LogP contribution is -2.51. The molecule has 30 heavy (non-hydrogen) atoms. The van der Waals surface area contributed by atoms with Gasteiger partial charge >= 0.3 is 0 Å². The van der Waals surface area contributed by atoms with Crippen LogP contribution in [0.5, 0.6) is 0 Å². The van der Waals surface area contributed by atoms with E-state index >= 15 is 0 Å². The molecular formula is C22H26N3O4S. The first-order valence-corrected chi connectivity index (χ1v) is 11.2. The van der Waals surface area contributed by atoms with E-state index in [0.29, 0.717) is 0 Å². The monoisotopic (exact) mass is 428 g/mol. The summed E-state index contributed by atoms with van der Waals surface area (Å²) < 4.78 is 27.3. The first kappa shape index (κ1) is 22.0. The number of rotatable bonds is 6. The Morgan fingerprint density at radius 1 is 0.900 bits per heavy atom. The third kappa shape index (κ3) is 4.71. The van der Waals surface area contributed by atoms with Crippen LogP contribution in [0.1, 0.15) is 13.8 Å². The lowest BCUT2D eigenvalue weighted by molar-refractivity contribution is -0.133. The summed E-state index contributed by atoms with van der Waals surface area (Å²) in [5.74, 6) is -0.904. The lowest BCUT2D eigenvalue weighted by atomic mass is 9.88. The Kier molecular flexibility index (Phi) is 6.28. The van der Waals surface area contributed by atoms with Crippen molar-refractivity contribution in [2.75, 3.05) is 26.2 Å². The summed E-state index contributed by atoms with van der Waals surface area (Å²) in [6.45, 7) is 4.05. The Labute approximate surface area is 177 Å². The number of hydrogen-bond acceptors (Lipinski definition) is 4. The molecule has 1 fully saturated rings. The zero-order valence-electron chi connectivity index (χ0n) is 17.1. The van der Waals surface area contributed by atoms with Crippen LogP contribution in [0.3, 0.4) is 0 Å². The zero-order chi connectivity index (χ0) is 21.9. The van der Waals surface area contributed by atoms with Crippen LogP contribution in [0.15, 0.2) is 59.5 Å². The molecule has 8 heteroatoms. The van der Waals surface area contributed by atoms with Gasteiger partial charge in [0.05, 0.1) is 16.7 Å². The van der Waals surface area contributed by atoms with Gasteiger partial charge in [0.2, 0.25) is 21.8 Å². The maximum Gasteiger partial charge on any atom is 0.243 e. The summed E-state index contributed by atoms with van der Waals surface area (Å²) in [7, 11) is -3.65. The molecule has 0 aliphatic carbocycles. The van der Waals surface area contributed by atoms with Crippen molar-refractivity contribution in [2.45, 2.75) is 18.7 Å². The minimum atomic E-state index is -3.65. The number of benzene rings is 2. The number of sulfonamides is 1. The highest BCUT2D eigenvalue weighted by atomic mass is 32.2. The molecule has 0 atom stereocenters. The number of nitrogens with two attached hydrogens (primary N) is 1. The van der Waals surface area contributed by atoms with Crippen molar-refractivity contribution in [1.29, 1.82) is 0 Å². The topological polar surface area (TPSA) is 101 Å². The van der Waals surface area contributed by atoms with Crippen LogP contribution < -0.4 is 5.73 Å². The summed E-state index contributed by atoms with van der Waals surface area (Å²) in [4.78, 5) is 25.6. The molecule has 1 radical (unpaired) electrons. The smallest absolute Gasteiger partial charge is 0.243 e. The van der Waals surface area contributed by atoms with Crippen molar-refractivity contribution in [3.05, 3.63) is 61.0 Å². The molecule has 0 saturated carbocycles. The van der Waals surface area contributed by atoms with Crippen LogP contribution in [0.2, 0.25) is 0 Å². The van der Waals surface area contributed by atoms with E-state index in [9.17, 15) is 18.0 Å². The van der Waals surface area contributed by atoms with Gasteiger partial charge in [-0.1, -0.05) is 56.3 Å². The van der Waals surface area contributed by atoms with Crippen molar-refractivity contribution in [2.24, 2.45) is 11.1 Å². The van der Waals surface area contributed by atoms with Crippen molar-refractivity contribution >= 4 is 21.8 Å². The summed E-state index contributed by atoms with van der Waals surface area (Å²) in [5.41, 5.74) is 6.22. The van der Waals surface area contributed by atoms with Crippen molar-refractivity contribution in [3.8, 4) is 11.1 Å². The van der Waals surface area contributed by atoms with E-state index in [1.54, 1.807) is 38.1 Å². The highest BCUT2D eigenvalue weighted by molar-refractivity contribution is 7.89. The number of hydrogen-bond donors (Lipinski definition) is 1. The molecule has 2 amide bonds. The Morgan fingerprint density at radius 3 is 1.97 bits per heavy atom. The van der Waals surface area contributed by atoms with Gasteiger partial charge in [-0.2, -0.15) is 4.31 Å². The average Bonchev–Trinajstić information content (AvgIpc) is 2.74. The van der Waals surface area contributed by atoms with Crippen molar-refractivity contribution < 1.29 is 18.0 Å². The SMILES string of the molecule is CC(C)([CH]C(=O)N1CCN(S(=O)(=O)c2ccc(-c3ccccc3)cc2)CC1)C(N)=O. The van der Waals surface area contributed by atoms with Crippen molar-refractivity contribution in [3.63, 3.8) is 0 Å². The van der Waals surface area contributed by atoms with Gasteiger partial charge in [-0.3, -0.25) is 9.59 Å². The normalized spacial score (nSPS) is 15.7. The van der Waals surface area contributed by atoms with Crippen LogP contribution >= 0.6 is 0 Å². The molecule has 2 aromatic rings. The van der Waals surface area contributed by atoms with Gasteiger partial charge in [0.1, 0.15) is 0 Å². The number of carbonyl (C=O) groups is 2. The Morgan fingerprint density at radius 2 is 1.43 bits per heavy atom. The second kappa shape index (κ2) is 8.57. The number of carbonyl (C=O) groups excluding carboxylic acids is 2. The molecule has 0 unspecified atom stereocenters. The highest BCUT2D eigenvalue weighted by Gasteiger charge is 2.34. The predicted molar refractivity (Wildman–Crippen MR) is 114 cm³/mol. The molecule has 2 N–H and O–H groups in total. The molecule has 0 bridgehead atoms. The first-order chi connectivity index (χ1) is 14.1. The van der Waals surface area contributed by atoms with Crippen LogP contribution in [0.4, 0.5) is 0 Å². The molecular weight excluding hydrogens is 402 g/mol. The maximum atomic E-state index is 13.0. The minimum Gasteiger partial charge on any atom is -0.369 e. The standard InChI is InChI=1S/C22H26N3O4S/c1-22(2,21(23)27)16-20(26)24-12-14-25(15-13-24)30(28,29)19-10-8-18(9-11-19)17-6-4-3-5-7-17/h3-11,16H,12-15H2,1-2H3,(H2,23,27). The van der Waals surface area contributed by atoms with E-state index in [4.69, 9.17) is 5.73 Å². The zero-order valence-corrected chi connectivity index (χ0v) is 17.9. The summed E-state index contributed by atoms with van der Waals surface area (Å²) in [6.07, 6.45) is 1.29. The summed E-state index contributed by atoms with van der Waals surface area (Å²) >= 11 is 0. The first-order valence-electron chi connectivity index (χ1n) is 9.71. The highest BCUT2D eigenvalue weighted by Crippen LogP contribution is 2.24. The number of piperazine rings is 1. The second-order valence-corrected chi connectivity index (χ2v) is 9.79. The Hall–Kier alpha value is -2.71. The fraction of sp³-hybridized carbons (Fsp3) is 0.318. The van der Waals surface area contributed by atoms with Gasteiger partial charge in [0, 0.05) is 26.2 Å². The molecule has 0 aromatic heterocycles. The molecule has 7 nitrogen and oxygen atoms in total. The van der Waals surface area contributed by atoms with E-state index in [1.165, 1.54) is 15.6 Å². The van der Waals surface area contributed by atoms with Gasteiger partial charge in [-0.25, -0.2) is 8.42 Å². The minimum absolute atomic E-state index is 0.194. The van der Waals surface area contributed by atoms with Gasteiger partial charge in [0.15, 0.2) is 0 Å². The molecule has 1 aliphatic rings. The van der Waals surface area contributed by atoms with Gasteiger partial charge in [-0.05, 0) is 23.3 Å². The molecule has 0 spiro atoms. The fourth-order valence-corrected chi connectivity index (χ4v) is 4.64. The van der Waals surface area contributed by atoms with Gasteiger partial charge in [-0.15, -0.1) is 0 Å². The third-order valence-electron chi connectivity index (χ3n) is 5.27. The van der Waals surface area contributed by atoms with E-state index < -0.39 is 21.3 Å². The van der Waals surface area contributed by atoms with Crippen LogP contribution in [-0.4, -0.2) is 55.6 Å². The van der Waals surface area contributed by atoms with Gasteiger partial charge < -0.3 is 10.6 Å².